The first-order valence-electron chi connectivity index (χ1n) is 8.87. The van der Waals surface area contributed by atoms with Crippen LogP contribution in [-0.2, 0) is 19.1 Å². The van der Waals surface area contributed by atoms with Crippen molar-refractivity contribution < 1.29 is 23.9 Å². The van der Waals surface area contributed by atoms with Crippen molar-refractivity contribution in [2.45, 2.75) is 33.2 Å². The lowest BCUT2D eigenvalue weighted by atomic mass is 10.0. The molecule has 0 bridgehead atoms. The van der Waals surface area contributed by atoms with E-state index in [0.717, 1.165) is 11.1 Å². The summed E-state index contributed by atoms with van der Waals surface area (Å²) in [5.74, 6) is -1.61. The van der Waals surface area contributed by atoms with Crippen molar-refractivity contribution in [2.24, 2.45) is 5.92 Å². The molecular formula is C20H24N2O5S. The number of thiazole rings is 1. The molecule has 2 rings (SSSR count). The summed E-state index contributed by atoms with van der Waals surface area (Å²) in [6, 6.07) is 7.02. The number of esters is 2. The number of rotatable bonds is 8. The number of nitrogens with zero attached hydrogens (tertiary/aromatic N) is 1. The molecule has 0 unspecified atom stereocenters. The molecule has 2 aromatic rings. The quantitative estimate of drug-likeness (QED) is 0.680. The summed E-state index contributed by atoms with van der Waals surface area (Å²) >= 11 is 1.32. The monoisotopic (exact) mass is 404 g/mol. The summed E-state index contributed by atoms with van der Waals surface area (Å²) in [4.78, 5) is 40.2. The molecule has 1 N–H and O–H groups in total. The zero-order chi connectivity index (χ0) is 20.7. The van der Waals surface area contributed by atoms with Crippen molar-refractivity contribution in [2.75, 3.05) is 13.7 Å². The molecule has 0 aliphatic heterocycles. The molecule has 0 spiro atoms. The summed E-state index contributed by atoms with van der Waals surface area (Å²) in [5, 5.41) is 4.82. The van der Waals surface area contributed by atoms with Gasteiger partial charge in [0.25, 0.3) is 5.91 Å². The zero-order valence-electron chi connectivity index (χ0n) is 16.4. The summed E-state index contributed by atoms with van der Waals surface area (Å²) < 4.78 is 9.71. The van der Waals surface area contributed by atoms with Crippen LogP contribution in [0.3, 0.4) is 0 Å². The highest BCUT2D eigenvalue weighted by Crippen LogP contribution is 2.24. The molecule has 0 saturated carbocycles. The number of nitrogens with one attached hydrogen (secondary N) is 1. The third-order valence-corrected chi connectivity index (χ3v) is 4.77. The minimum absolute atomic E-state index is 0.139. The third kappa shape index (κ3) is 6.16. The number of hydrogen-bond donors (Lipinski definition) is 1. The topological polar surface area (TPSA) is 94.6 Å². The van der Waals surface area contributed by atoms with Gasteiger partial charge in [-0.05, 0) is 19.3 Å². The Kier molecular flexibility index (Phi) is 7.69. The second kappa shape index (κ2) is 9.98. The number of ether oxygens (including phenoxy) is 2. The van der Waals surface area contributed by atoms with Gasteiger partial charge in [0.15, 0.2) is 12.3 Å². The fourth-order valence-corrected chi connectivity index (χ4v) is 3.26. The van der Waals surface area contributed by atoms with Crippen molar-refractivity contribution in [3.05, 3.63) is 40.9 Å². The second-order valence-corrected chi connectivity index (χ2v) is 7.61. The van der Waals surface area contributed by atoms with Crippen LogP contribution in [0.2, 0.25) is 0 Å². The normalized spacial score (nSPS) is 11.8. The molecule has 1 heterocycles. The van der Waals surface area contributed by atoms with E-state index in [9.17, 15) is 14.4 Å². The number of carbonyl (C=O) groups is 3. The van der Waals surface area contributed by atoms with Crippen molar-refractivity contribution >= 4 is 29.2 Å². The van der Waals surface area contributed by atoms with E-state index in [1.807, 2.05) is 45.0 Å². The fraction of sp³-hybridized carbons (Fsp3) is 0.400. The van der Waals surface area contributed by atoms with Crippen LogP contribution >= 0.6 is 11.3 Å². The molecule has 0 aliphatic rings. The first-order valence-corrected chi connectivity index (χ1v) is 9.75. The smallest absolute Gasteiger partial charge is 0.358 e. The van der Waals surface area contributed by atoms with Gasteiger partial charge in [-0.15, -0.1) is 11.3 Å². The molecule has 1 aromatic carbocycles. The molecule has 1 aromatic heterocycles. The Morgan fingerprint density at radius 2 is 1.86 bits per heavy atom. The van der Waals surface area contributed by atoms with E-state index in [0.29, 0.717) is 11.4 Å². The SMILES string of the molecule is COC(=O)[C@H](CC(C)C)NC(=O)COC(=O)c1csc(-c2ccc(C)cc2)n1. The van der Waals surface area contributed by atoms with Crippen molar-refractivity contribution in [3.8, 4) is 10.6 Å². The first kappa shape index (κ1) is 21.6. The number of methoxy groups -OCH3 is 1. The lowest BCUT2D eigenvalue weighted by Gasteiger charge is -2.18. The Balaban J connectivity index is 1.91. The van der Waals surface area contributed by atoms with Gasteiger partial charge in [0.2, 0.25) is 0 Å². The Morgan fingerprint density at radius 1 is 1.18 bits per heavy atom. The fourth-order valence-electron chi connectivity index (χ4n) is 2.46. The van der Waals surface area contributed by atoms with E-state index >= 15 is 0 Å². The molecule has 7 nitrogen and oxygen atoms in total. The minimum atomic E-state index is -0.774. The largest absolute Gasteiger partial charge is 0.467 e. The maximum absolute atomic E-state index is 12.2. The van der Waals surface area contributed by atoms with E-state index in [4.69, 9.17) is 9.47 Å². The molecule has 0 radical (unpaired) electrons. The Labute approximate surface area is 168 Å². The lowest BCUT2D eigenvalue weighted by molar-refractivity contribution is -0.145. The number of carbonyl (C=O) groups excluding carboxylic acids is 3. The van der Waals surface area contributed by atoms with Crippen LogP contribution in [-0.4, -0.2) is 42.6 Å². The van der Waals surface area contributed by atoms with E-state index in [1.165, 1.54) is 18.4 Å². The van der Waals surface area contributed by atoms with Crippen LogP contribution in [0.25, 0.3) is 10.6 Å². The average molecular weight is 404 g/mol. The summed E-state index contributed by atoms with van der Waals surface area (Å²) in [6.07, 6.45) is 0.429. The Hall–Kier alpha value is -2.74. The lowest BCUT2D eigenvalue weighted by Crippen LogP contribution is -2.44. The molecule has 8 heteroatoms. The van der Waals surface area contributed by atoms with Crippen LogP contribution in [0.4, 0.5) is 0 Å². The van der Waals surface area contributed by atoms with Gasteiger partial charge in [-0.25, -0.2) is 14.6 Å². The molecule has 0 fully saturated rings. The number of benzene rings is 1. The van der Waals surface area contributed by atoms with Crippen LogP contribution in [0.5, 0.6) is 0 Å². The maximum Gasteiger partial charge on any atom is 0.358 e. The number of hydrogen-bond acceptors (Lipinski definition) is 7. The van der Waals surface area contributed by atoms with Gasteiger partial charge in [-0.3, -0.25) is 4.79 Å². The molecule has 0 aliphatic carbocycles. The highest BCUT2D eigenvalue weighted by atomic mass is 32.1. The molecule has 1 atom stereocenters. The van der Waals surface area contributed by atoms with Crippen molar-refractivity contribution in [1.82, 2.24) is 10.3 Å². The molecule has 0 saturated heterocycles. The van der Waals surface area contributed by atoms with Gasteiger partial charge in [0.1, 0.15) is 11.0 Å². The molecular weight excluding hydrogens is 380 g/mol. The number of aromatic nitrogens is 1. The van der Waals surface area contributed by atoms with E-state index in [-0.39, 0.29) is 11.6 Å². The predicted molar refractivity (Wildman–Crippen MR) is 106 cm³/mol. The van der Waals surface area contributed by atoms with Crippen LogP contribution in [0.15, 0.2) is 29.6 Å². The molecule has 150 valence electrons. The minimum Gasteiger partial charge on any atom is -0.467 e. The van der Waals surface area contributed by atoms with Gasteiger partial charge in [0, 0.05) is 10.9 Å². The van der Waals surface area contributed by atoms with Crippen LogP contribution in [0, 0.1) is 12.8 Å². The highest BCUT2D eigenvalue weighted by molar-refractivity contribution is 7.13. The van der Waals surface area contributed by atoms with E-state index < -0.39 is 30.5 Å². The zero-order valence-corrected chi connectivity index (χ0v) is 17.2. The second-order valence-electron chi connectivity index (χ2n) is 6.75. The Bertz CT molecular complexity index is 829. The average Bonchev–Trinajstić information content (AvgIpc) is 3.15. The molecule has 28 heavy (non-hydrogen) atoms. The standard InChI is InChI=1S/C20H24N2O5S/c1-12(2)9-15(19(24)26-4)21-17(23)10-27-20(25)16-11-28-18(22-16)14-7-5-13(3)6-8-14/h5-8,11-12,15H,9-10H2,1-4H3,(H,21,23)/t15-/m0/s1. The summed E-state index contributed by atoms with van der Waals surface area (Å²) in [5.41, 5.74) is 2.18. The van der Waals surface area contributed by atoms with E-state index in [2.05, 4.69) is 10.3 Å². The van der Waals surface area contributed by atoms with Gasteiger partial charge in [-0.1, -0.05) is 43.7 Å². The molecule has 1 amide bonds. The maximum atomic E-state index is 12.2. The van der Waals surface area contributed by atoms with Gasteiger partial charge in [-0.2, -0.15) is 0 Å². The summed E-state index contributed by atoms with van der Waals surface area (Å²) in [6.45, 7) is 5.35. The highest BCUT2D eigenvalue weighted by Gasteiger charge is 2.23. The van der Waals surface area contributed by atoms with Crippen LogP contribution in [0.1, 0.15) is 36.3 Å². The van der Waals surface area contributed by atoms with E-state index in [1.54, 1.807) is 5.38 Å². The number of aryl methyl sites for hydroxylation is 1. The van der Waals surface area contributed by atoms with Crippen LogP contribution < -0.4 is 5.32 Å². The predicted octanol–water partition coefficient (Wildman–Crippen LogP) is 2.98. The Morgan fingerprint density at radius 3 is 2.46 bits per heavy atom. The number of amides is 1. The third-order valence-electron chi connectivity index (χ3n) is 3.87. The summed E-state index contributed by atoms with van der Waals surface area (Å²) in [7, 11) is 1.26. The van der Waals surface area contributed by atoms with Crippen molar-refractivity contribution in [3.63, 3.8) is 0 Å². The van der Waals surface area contributed by atoms with Gasteiger partial charge in [0.05, 0.1) is 7.11 Å². The van der Waals surface area contributed by atoms with Gasteiger partial charge < -0.3 is 14.8 Å². The van der Waals surface area contributed by atoms with Crippen molar-refractivity contribution in [1.29, 1.82) is 0 Å². The van der Waals surface area contributed by atoms with Gasteiger partial charge >= 0.3 is 11.9 Å². The first-order chi connectivity index (χ1) is 13.3.